The minimum absolute atomic E-state index is 0.192. The highest BCUT2D eigenvalue weighted by Crippen LogP contribution is 2.27. The van der Waals surface area contributed by atoms with Crippen molar-refractivity contribution < 1.29 is 19.1 Å². The average molecular weight is 398 g/mol. The van der Waals surface area contributed by atoms with E-state index < -0.39 is 11.9 Å². The third-order valence-corrected chi connectivity index (χ3v) is 4.64. The van der Waals surface area contributed by atoms with Crippen molar-refractivity contribution in [3.8, 4) is 11.2 Å². The number of rotatable bonds is 8. The Kier molecular flexibility index (Phi) is 7.90. The lowest BCUT2D eigenvalue weighted by molar-refractivity contribution is -0.147. The summed E-state index contributed by atoms with van der Waals surface area (Å²) in [6, 6.07) is 11.1. The van der Waals surface area contributed by atoms with Crippen molar-refractivity contribution in [1.29, 1.82) is 5.26 Å². The zero-order valence-electron chi connectivity index (χ0n) is 16.1. The Morgan fingerprint density at radius 2 is 1.79 bits per heavy atom. The van der Waals surface area contributed by atoms with E-state index in [9.17, 15) is 9.59 Å². The second-order valence-corrected chi connectivity index (χ2v) is 7.04. The highest BCUT2D eigenvalue weighted by Gasteiger charge is 2.12. The first kappa shape index (κ1) is 21.3. The zero-order chi connectivity index (χ0) is 20.5. The van der Waals surface area contributed by atoms with E-state index >= 15 is 0 Å². The molecule has 1 amide bonds. The average Bonchev–Trinajstić information content (AvgIpc) is 2.68. The minimum atomic E-state index is -0.430. The maximum atomic E-state index is 12.1. The van der Waals surface area contributed by atoms with Crippen molar-refractivity contribution in [1.82, 2.24) is 0 Å². The van der Waals surface area contributed by atoms with Crippen LogP contribution in [0.4, 0.5) is 5.69 Å². The van der Waals surface area contributed by atoms with E-state index in [1.807, 2.05) is 55.6 Å². The number of nitrogens with one attached hydrogen (secondary N) is 1. The molecule has 0 saturated carbocycles. The van der Waals surface area contributed by atoms with Gasteiger partial charge >= 0.3 is 5.97 Å². The normalized spacial score (nSPS) is 10.1. The van der Waals surface area contributed by atoms with Gasteiger partial charge in [0.15, 0.2) is 6.61 Å². The predicted octanol–water partition coefficient (Wildman–Crippen LogP) is 4.00. The van der Waals surface area contributed by atoms with Gasteiger partial charge in [0, 0.05) is 17.0 Å². The van der Waals surface area contributed by atoms with Crippen LogP contribution < -0.4 is 10.1 Å². The molecule has 0 bridgehead atoms. The number of carbonyl (C=O) groups excluding carboxylic acids is 2. The predicted molar refractivity (Wildman–Crippen MR) is 108 cm³/mol. The fraction of sp³-hybridized carbons (Fsp3) is 0.286. The number of methoxy groups -OCH3 is 1. The third-order valence-electron chi connectivity index (χ3n) is 4.08. The van der Waals surface area contributed by atoms with Gasteiger partial charge in [0.05, 0.1) is 7.11 Å². The number of nitriles is 1. The van der Waals surface area contributed by atoms with Gasteiger partial charge in [-0.1, -0.05) is 12.1 Å². The van der Waals surface area contributed by atoms with E-state index in [4.69, 9.17) is 14.7 Å². The zero-order valence-corrected chi connectivity index (χ0v) is 16.9. The largest absolute Gasteiger partial charge is 0.497 e. The molecule has 0 spiro atoms. The van der Waals surface area contributed by atoms with Crippen LogP contribution >= 0.6 is 11.8 Å². The lowest BCUT2D eigenvalue weighted by Crippen LogP contribution is -2.22. The topological polar surface area (TPSA) is 88.4 Å². The Bertz CT molecular complexity index is 865. The number of thiocyanates is 1. The smallest absolute Gasteiger partial charge is 0.306 e. The maximum Gasteiger partial charge on any atom is 0.306 e. The van der Waals surface area contributed by atoms with E-state index in [2.05, 4.69) is 5.32 Å². The van der Waals surface area contributed by atoms with Crippen molar-refractivity contribution in [2.75, 3.05) is 19.0 Å². The standard InChI is InChI=1S/C21H22N2O4S/c1-14-10-18(28-13-22)11-15(2)21(14)23-19(24)12-27-20(25)9-6-16-4-7-17(26-3)8-5-16/h4-5,7-8,10-11H,6,9,12H2,1-3H3,(H,23,24). The molecule has 0 atom stereocenters. The summed E-state index contributed by atoms with van der Waals surface area (Å²) in [7, 11) is 1.60. The van der Waals surface area contributed by atoms with Gasteiger partial charge < -0.3 is 14.8 Å². The fourth-order valence-electron chi connectivity index (χ4n) is 2.66. The molecule has 0 aromatic heterocycles. The van der Waals surface area contributed by atoms with E-state index in [1.54, 1.807) is 7.11 Å². The minimum Gasteiger partial charge on any atom is -0.497 e. The van der Waals surface area contributed by atoms with Gasteiger partial charge in [-0.15, -0.1) is 0 Å². The van der Waals surface area contributed by atoms with Crippen LogP contribution in [0, 0.1) is 24.5 Å². The number of carbonyl (C=O) groups is 2. The molecule has 6 nitrogen and oxygen atoms in total. The van der Waals surface area contributed by atoms with Gasteiger partial charge in [-0.3, -0.25) is 9.59 Å². The van der Waals surface area contributed by atoms with Gasteiger partial charge in [0.25, 0.3) is 5.91 Å². The van der Waals surface area contributed by atoms with E-state index in [-0.39, 0.29) is 13.0 Å². The summed E-state index contributed by atoms with van der Waals surface area (Å²) in [4.78, 5) is 24.8. The number of nitrogens with zero attached hydrogens (tertiary/aromatic N) is 1. The summed E-state index contributed by atoms with van der Waals surface area (Å²) in [5.74, 6) is -0.0716. The maximum absolute atomic E-state index is 12.1. The van der Waals surface area contributed by atoms with Crippen LogP contribution in [-0.2, 0) is 20.7 Å². The summed E-state index contributed by atoms with van der Waals surface area (Å²) < 4.78 is 10.2. The van der Waals surface area contributed by atoms with Crippen molar-refractivity contribution >= 4 is 29.3 Å². The van der Waals surface area contributed by atoms with E-state index in [0.717, 1.165) is 39.1 Å². The Morgan fingerprint density at radius 1 is 1.14 bits per heavy atom. The Hall–Kier alpha value is -2.98. The molecule has 0 fully saturated rings. The number of anilines is 1. The van der Waals surface area contributed by atoms with Gasteiger partial charge in [0.2, 0.25) is 0 Å². The molecule has 28 heavy (non-hydrogen) atoms. The molecular formula is C21H22N2O4S. The first-order valence-electron chi connectivity index (χ1n) is 8.68. The van der Waals surface area contributed by atoms with Crippen LogP contribution in [0.3, 0.4) is 0 Å². The molecule has 2 rings (SSSR count). The number of amides is 1. The molecule has 0 heterocycles. The highest BCUT2D eigenvalue weighted by atomic mass is 32.2. The second-order valence-electron chi connectivity index (χ2n) is 6.18. The molecule has 2 aromatic rings. The van der Waals surface area contributed by atoms with Crippen LogP contribution in [0.25, 0.3) is 0 Å². The number of hydrogen-bond donors (Lipinski definition) is 1. The first-order valence-corrected chi connectivity index (χ1v) is 9.50. The van der Waals surface area contributed by atoms with Crippen molar-refractivity contribution in [3.05, 3.63) is 53.1 Å². The molecule has 0 aliphatic heterocycles. The highest BCUT2D eigenvalue weighted by molar-refractivity contribution is 8.03. The quantitative estimate of drug-likeness (QED) is 0.411. The molecule has 0 saturated heterocycles. The van der Waals surface area contributed by atoms with Crippen molar-refractivity contribution in [2.45, 2.75) is 31.6 Å². The monoisotopic (exact) mass is 398 g/mol. The number of thioether (sulfide) groups is 1. The van der Waals surface area contributed by atoms with E-state index in [1.165, 1.54) is 0 Å². The number of esters is 1. The van der Waals surface area contributed by atoms with Gasteiger partial charge in [0.1, 0.15) is 11.2 Å². The molecule has 0 radical (unpaired) electrons. The molecule has 0 aliphatic carbocycles. The van der Waals surface area contributed by atoms with Gasteiger partial charge in [-0.05, 0) is 73.0 Å². The van der Waals surface area contributed by atoms with Crippen LogP contribution in [0.2, 0.25) is 0 Å². The molecule has 7 heteroatoms. The van der Waals surface area contributed by atoms with Gasteiger partial charge in [-0.25, -0.2) is 0 Å². The summed E-state index contributed by atoms with van der Waals surface area (Å²) in [5, 5.41) is 13.6. The number of hydrogen-bond acceptors (Lipinski definition) is 6. The number of ether oxygens (including phenoxy) is 2. The SMILES string of the molecule is COc1ccc(CCC(=O)OCC(=O)Nc2c(C)cc(SC#N)cc2C)cc1. The van der Waals surface area contributed by atoms with Crippen LogP contribution in [-0.4, -0.2) is 25.6 Å². The Balaban J connectivity index is 1.81. The summed E-state index contributed by atoms with van der Waals surface area (Å²) >= 11 is 1.07. The molecule has 1 N–H and O–H groups in total. The first-order chi connectivity index (χ1) is 13.4. The van der Waals surface area contributed by atoms with Crippen LogP contribution in [0.15, 0.2) is 41.3 Å². The fourth-order valence-corrected chi connectivity index (χ4v) is 3.24. The molecule has 2 aromatic carbocycles. The lowest BCUT2D eigenvalue weighted by Gasteiger charge is -2.13. The Morgan fingerprint density at radius 3 is 2.36 bits per heavy atom. The Labute approximate surface area is 168 Å². The summed E-state index contributed by atoms with van der Waals surface area (Å²) in [5.41, 5.74) is 3.35. The molecule has 0 unspecified atom stereocenters. The summed E-state index contributed by atoms with van der Waals surface area (Å²) in [6.07, 6.45) is 0.721. The van der Waals surface area contributed by atoms with Crippen molar-refractivity contribution in [3.63, 3.8) is 0 Å². The molecular weight excluding hydrogens is 376 g/mol. The number of aryl methyl sites for hydroxylation is 3. The van der Waals surface area contributed by atoms with E-state index in [0.29, 0.717) is 12.1 Å². The van der Waals surface area contributed by atoms with Crippen LogP contribution in [0.5, 0.6) is 5.75 Å². The third kappa shape index (κ3) is 6.32. The van der Waals surface area contributed by atoms with Crippen molar-refractivity contribution in [2.24, 2.45) is 0 Å². The van der Waals surface area contributed by atoms with Gasteiger partial charge in [-0.2, -0.15) is 5.26 Å². The summed E-state index contributed by atoms with van der Waals surface area (Å²) in [6.45, 7) is 3.37. The lowest BCUT2D eigenvalue weighted by atomic mass is 10.1. The molecule has 0 aliphatic rings. The number of benzene rings is 2. The van der Waals surface area contributed by atoms with Crippen LogP contribution in [0.1, 0.15) is 23.1 Å². The molecule has 146 valence electrons. The second kappa shape index (κ2) is 10.4.